The van der Waals surface area contributed by atoms with Crippen molar-refractivity contribution in [3.8, 4) is 11.6 Å². The fourth-order valence-corrected chi connectivity index (χ4v) is 1.76. The first-order valence-electron chi connectivity index (χ1n) is 4.95. The number of rotatable bonds is 2. The number of benzene rings is 1. The molecule has 4 nitrogen and oxygen atoms in total. The number of nitrogens with zero attached hydrogens (tertiary/aromatic N) is 1. The van der Waals surface area contributed by atoms with Gasteiger partial charge in [0.1, 0.15) is 5.75 Å². The van der Waals surface area contributed by atoms with E-state index in [1.165, 1.54) is 13.2 Å². The van der Waals surface area contributed by atoms with Gasteiger partial charge in [-0.05, 0) is 19.1 Å². The summed E-state index contributed by atoms with van der Waals surface area (Å²) in [5.74, 6) is 0.347. The number of nitrogens with one attached hydrogen (secondary N) is 1. The summed E-state index contributed by atoms with van der Waals surface area (Å²) < 4.78 is 5.12. The van der Waals surface area contributed by atoms with Crippen molar-refractivity contribution < 1.29 is 9.84 Å². The van der Waals surface area contributed by atoms with Crippen molar-refractivity contribution in [3.63, 3.8) is 0 Å². The maximum atomic E-state index is 9.50. The lowest BCUT2D eigenvalue weighted by Gasteiger charge is -2.08. The number of phenols is 1. The Labute approximate surface area is 103 Å². The molecule has 0 aliphatic heterocycles. The molecule has 1 aromatic heterocycles. The Morgan fingerprint density at radius 3 is 2.71 bits per heavy atom. The third-order valence-corrected chi connectivity index (χ3v) is 2.75. The van der Waals surface area contributed by atoms with E-state index in [0.29, 0.717) is 22.7 Å². The van der Waals surface area contributed by atoms with E-state index in [9.17, 15) is 5.11 Å². The topological polar surface area (TPSA) is 66.2 Å². The molecule has 0 aliphatic carbocycles. The van der Waals surface area contributed by atoms with Crippen LogP contribution in [0, 0.1) is 5.41 Å². The molecule has 88 valence electrons. The van der Waals surface area contributed by atoms with Gasteiger partial charge in [-0.2, -0.15) is 0 Å². The van der Waals surface area contributed by atoms with Gasteiger partial charge in [-0.3, -0.25) is 0 Å². The summed E-state index contributed by atoms with van der Waals surface area (Å²) in [5, 5.41) is 18.2. The van der Waals surface area contributed by atoms with Gasteiger partial charge >= 0.3 is 0 Å². The van der Waals surface area contributed by atoms with Crippen LogP contribution in [0.2, 0.25) is 5.02 Å². The highest BCUT2D eigenvalue weighted by Crippen LogP contribution is 2.30. The van der Waals surface area contributed by atoms with Crippen molar-refractivity contribution in [2.24, 2.45) is 0 Å². The summed E-state index contributed by atoms with van der Waals surface area (Å²) in [7, 11) is 1.50. The lowest BCUT2D eigenvalue weighted by atomic mass is 10.1. The van der Waals surface area contributed by atoms with Gasteiger partial charge in [0.25, 0.3) is 0 Å². The van der Waals surface area contributed by atoms with E-state index >= 15 is 0 Å². The molecule has 2 N–H and O–H groups in total. The Hall–Kier alpha value is -1.81. The number of pyridine rings is 1. The molecule has 0 unspecified atom stereocenters. The van der Waals surface area contributed by atoms with Crippen LogP contribution in [0.15, 0.2) is 18.2 Å². The van der Waals surface area contributed by atoms with Crippen LogP contribution in [0.4, 0.5) is 0 Å². The average molecular weight is 251 g/mol. The summed E-state index contributed by atoms with van der Waals surface area (Å²) in [6, 6.07) is 4.86. The number of fused-ring (bicyclic) bond motifs is 1. The summed E-state index contributed by atoms with van der Waals surface area (Å²) in [4.78, 5) is 4.24. The number of phenolic OH excluding ortho intramolecular Hbond substituents is 1. The minimum atomic E-state index is -0.0203. The molecule has 1 aromatic carbocycles. The van der Waals surface area contributed by atoms with Crippen LogP contribution in [0.5, 0.6) is 11.6 Å². The molecule has 0 atom stereocenters. The highest BCUT2D eigenvalue weighted by atomic mass is 35.5. The number of hydrogen-bond donors (Lipinski definition) is 2. The third kappa shape index (κ3) is 2.03. The molecular weight excluding hydrogens is 240 g/mol. The number of aromatic hydroxyl groups is 1. The molecular formula is C12H11ClN2O2. The van der Waals surface area contributed by atoms with Crippen LogP contribution < -0.4 is 4.74 Å². The Morgan fingerprint density at radius 2 is 2.12 bits per heavy atom. The monoisotopic (exact) mass is 250 g/mol. The molecule has 0 saturated carbocycles. The summed E-state index contributed by atoms with van der Waals surface area (Å²) in [6.07, 6.45) is 0. The first-order chi connectivity index (χ1) is 8.02. The maximum Gasteiger partial charge on any atom is 0.222 e. The molecule has 2 rings (SSSR count). The first kappa shape index (κ1) is 11.7. The molecule has 0 saturated heterocycles. The average Bonchev–Trinajstić information content (AvgIpc) is 2.29. The zero-order chi connectivity index (χ0) is 12.6. The molecule has 0 aliphatic rings. The predicted molar refractivity (Wildman–Crippen MR) is 67.5 cm³/mol. The second-order valence-corrected chi connectivity index (χ2v) is 4.07. The highest BCUT2D eigenvalue weighted by Gasteiger charge is 2.11. The molecule has 5 heteroatoms. The number of ether oxygens (including phenoxy) is 1. The van der Waals surface area contributed by atoms with Crippen LogP contribution in [0.25, 0.3) is 10.9 Å². The van der Waals surface area contributed by atoms with Gasteiger partial charge in [0.15, 0.2) is 0 Å². The Kier molecular flexibility index (Phi) is 2.90. The van der Waals surface area contributed by atoms with Crippen molar-refractivity contribution in [1.29, 1.82) is 5.41 Å². The van der Waals surface area contributed by atoms with Crippen molar-refractivity contribution in [2.45, 2.75) is 6.92 Å². The zero-order valence-corrected chi connectivity index (χ0v) is 10.2. The van der Waals surface area contributed by atoms with E-state index in [0.717, 1.165) is 5.39 Å². The largest absolute Gasteiger partial charge is 0.506 e. The highest BCUT2D eigenvalue weighted by molar-refractivity contribution is 6.32. The molecule has 1 heterocycles. The molecule has 0 spiro atoms. The predicted octanol–water partition coefficient (Wildman–Crippen LogP) is 2.99. The van der Waals surface area contributed by atoms with E-state index in [2.05, 4.69) is 4.98 Å². The van der Waals surface area contributed by atoms with Gasteiger partial charge in [0.2, 0.25) is 5.88 Å². The smallest absolute Gasteiger partial charge is 0.222 e. The van der Waals surface area contributed by atoms with E-state index < -0.39 is 0 Å². The zero-order valence-electron chi connectivity index (χ0n) is 9.41. The van der Waals surface area contributed by atoms with E-state index in [1.54, 1.807) is 19.1 Å². The van der Waals surface area contributed by atoms with Crippen molar-refractivity contribution >= 4 is 28.2 Å². The van der Waals surface area contributed by atoms with Gasteiger partial charge in [0.05, 0.1) is 23.2 Å². The van der Waals surface area contributed by atoms with Gasteiger partial charge in [-0.1, -0.05) is 11.6 Å². The number of methoxy groups -OCH3 is 1. The Morgan fingerprint density at radius 1 is 1.41 bits per heavy atom. The minimum absolute atomic E-state index is 0.0203. The molecule has 0 radical (unpaired) electrons. The fourth-order valence-electron chi connectivity index (χ4n) is 1.59. The maximum absolute atomic E-state index is 9.50. The normalized spacial score (nSPS) is 10.5. The summed E-state index contributed by atoms with van der Waals surface area (Å²) >= 11 is 5.83. The quantitative estimate of drug-likeness (QED) is 0.806. The molecule has 0 fully saturated rings. The summed E-state index contributed by atoms with van der Waals surface area (Å²) in [5.41, 5.74) is 1.55. The van der Waals surface area contributed by atoms with Crippen molar-refractivity contribution in [2.75, 3.05) is 7.11 Å². The second-order valence-electron chi connectivity index (χ2n) is 3.67. The van der Waals surface area contributed by atoms with E-state index in [1.807, 2.05) is 0 Å². The van der Waals surface area contributed by atoms with E-state index in [-0.39, 0.29) is 10.8 Å². The van der Waals surface area contributed by atoms with Crippen LogP contribution >= 0.6 is 11.6 Å². The molecule has 0 amide bonds. The number of halogens is 1. The van der Waals surface area contributed by atoms with Gasteiger partial charge in [-0.15, -0.1) is 0 Å². The molecule has 0 bridgehead atoms. The second kappa shape index (κ2) is 4.22. The molecule has 2 aromatic rings. The first-order valence-corrected chi connectivity index (χ1v) is 5.33. The Bertz CT molecular complexity index is 611. The van der Waals surface area contributed by atoms with Crippen LogP contribution in [-0.4, -0.2) is 22.9 Å². The summed E-state index contributed by atoms with van der Waals surface area (Å²) in [6.45, 7) is 1.66. The van der Waals surface area contributed by atoms with Crippen molar-refractivity contribution in [1.82, 2.24) is 4.98 Å². The lowest BCUT2D eigenvalue weighted by molar-refractivity contribution is 0.398. The molecule has 17 heavy (non-hydrogen) atoms. The third-order valence-electron chi connectivity index (χ3n) is 2.45. The van der Waals surface area contributed by atoms with Gasteiger partial charge in [-0.25, -0.2) is 4.98 Å². The SMILES string of the molecule is COc1nc2cc(O)c(Cl)cc2cc1C(C)=N. The standard InChI is InChI=1S/C12H11ClN2O2/c1-6(14)8-3-7-4-9(13)11(16)5-10(7)15-12(8)17-2/h3-5,14,16H,1-2H3. The van der Waals surface area contributed by atoms with Crippen LogP contribution in [-0.2, 0) is 0 Å². The number of aromatic nitrogens is 1. The van der Waals surface area contributed by atoms with Crippen molar-refractivity contribution in [3.05, 3.63) is 28.8 Å². The van der Waals surface area contributed by atoms with Crippen LogP contribution in [0.3, 0.4) is 0 Å². The van der Waals surface area contributed by atoms with Gasteiger partial charge < -0.3 is 15.3 Å². The minimum Gasteiger partial charge on any atom is -0.506 e. The Balaban J connectivity index is 2.78. The van der Waals surface area contributed by atoms with E-state index in [4.69, 9.17) is 21.7 Å². The van der Waals surface area contributed by atoms with Gasteiger partial charge in [0, 0.05) is 17.2 Å². The fraction of sp³-hybridized carbons (Fsp3) is 0.167. The lowest BCUT2D eigenvalue weighted by Crippen LogP contribution is -2.00. The van der Waals surface area contributed by atoms with Crippen LogP contribution in [0.1, 0.15) is 12.5 Å². The number of hydrogen-bond acceptors (Lipinski definition) is 4.